The van der Waals surface area contributed by atoms with Crippen LogP contribution in [0, 0.1) is 17.8 Å². The van der Waals surface area contributed by atoms with Crippen LogP contribution in [0.5, 0.6) is 0 Å². The first-order valence-corrected chi connectivity index (χ1v) is 10.5. The van der Waals surface area contributed by atoms with Gasteiger partial charge in [-0.05, 0) is 68.1 Å². The summed E-state index contributed by atoms with van der Waals surface area (Å²) in [5.41, 5.74) is 8.27. The van der Waals surface area contributed by atoms with Gasteiger partial charge in [0.25, 0.3) is 0 Å². The van der Waals surface area contributed by atoms with Gasteiger partial charge in [-0.2, -0.15) is 0 Å². The minimum Gasteiger partial charge on any atom is -0.338 e. The number of carbonyl (C=O) groups excluding carboxylic acids is 2. The molecule has 2 bridgehead atoms. The molecule has 3 fully saturated rings. The molecule has 0 aromatic heterocycles. The third-order valence-electron chi connectivity index (χ3n) is 6.77. The first-order valence-electron chi connectivity index (χ1n) is 10.5. The summed E-state index contributed by atoms with van der Waals surface area (Å²) in [6.07, 6.45) is 8.17. The molecule has 2 saturated carbocycles. The zero-order chi connectivity index (χ0) is 18.8. The van der Waals surface area contributed by atoms with E-state index in [1.54, 1.807) is 0 Å². The van der Waals surface area contributed by atoms with Crippen LogP contribution in [0.2, 0.25) is 0 Å². The van der Waals surface area contributed by atoms with Gasteiger partial charge in [-0.3, -0.25) is 9.59 Å². The lowest BCUT2D eigenvalue weighted by molar-refractivity contribution is -0.133. The van der Waals surface area contributed by atoms with Crippen molar-refractivity contribution in [2.24, 2.45) is 23.5 Å². The second-order valence-electron chi connectivity index (χ2n) is 8.66. The van der Waals surface area contributed by atoms with Crippen LogP contribution in [0.1, 0.15) is 56.9 Å². The molecule has 5 nitrogen and oxygen atoms in total. The maximum Gasteiger partial charge on any atom is 0.227 e. The van der Waals surface area contributed by atoms with Gasteiger partial charge in [-0.25, -0.2) is 0 Å². The fraction of sp³-hybridized carbons (Fsp3) is 0.636. The first kappa shape index (κ1) is 18.5. The Morgan fingerprint density at radius 1 is 1.15 bits per heavy atom. The van der Waals surface area contributed by atoms with Gasteiger partial charge >= 0.3 is 0 Å². The third kappa shape index (κ3) is 4.18. The summed E-state index contributed by atoms with van der Waals surface area (Å²) in [5, 5.41) is 3.12. The molecule has 2 unspecified atom stereocenters. The van der Waals surface area contributed by atoms with Gasteiger partial charge in [0.15, 0.2) is 0 Å². The number of rotatable bonds is 4. The van der Waals surface area contributed by atoms with E-state index in [0.29, 0.717) is 24.8 Å². The summed E-state index contributed by atoms with van der Waals surface area (Å²) >= 11 is 0. The molecule has 4 rings (SSSR count). The molecule has 3 aliphatic rings. The van der Waals surface area contributed by atoms with E-state index < -0.39 is 0 Å². The highest BCUT2D eigenvalue weighted by Gasteiger charge is 2.40. The van der Waals surface area contributed by atoms with E-state index in [1.165, 1.54) is 19.3 Å². The zero-order valence-electron chi connectivity index (χ0n) is 16.0. The Morgan fingerprint density at radius 2 is 1.93 bits per heavy atom. The van der Waals surface area contributed by atoms with Gasteiger partial charge in [0, 0.05) is 37.2 Å². The molecule has 1 aliphatic heterocycles. The summed E-state index contributed by atoms with van der Waals surface area (Å²) in [6.45, 7) is 1.46. The number of benzene rings is 1. The van der Waals surface area contributed by atoms with Crippen molar-refractivity contribution in [1.82, 2.24) is 4.90 Å². The highest BCUT2D eigenvalue weighted by molar-refractivity contribution is 5.92. The molecule has 27 heavy (non-hydrogen) atoms. The van der Waals surface area contributed by atoms with Crippen molar-refractivity contribution in [3.8, 4) is 0 Å². The van der Waals surface area contributed by atoms with Crippen LogP contribution in [0.15, 0.2) is 24.3 Å². The van der Waals surface area contributed by atoms with Gasteiger partial charge in [-0.1, -0.05) is 18.6 Å². The van der Waals surface area contributed by atoms with Gasteiger partial charge in [0.1, 0.15) is 0 Å². The second-order valence-corrected chi connectivity index (χ2v) is 8.66. The number of anilines is 1. The molecule has 0 spiro atoms. The van der Waals surface area contributed by atoms with E-state index in [9.17, 15) is 9.59 Å². The van der Waals surface area contributed by atoms with Crippen LogP contribution in [0.4, 0.5) is 5.69 Å². The van der Waals surface area contributed by atoms with Crippen molar-refractivity contribution in [3.05, 3.63) is 29.8 Å². The van der Waals surface area contributed by atoms with Crippen LogP contribution in [0.25, 0.3) is 0 Å². The van der Waals surface area contributed by atoms with Crippen molar-refractivity contribution in [2.45, 2.75) is 64.0 Å². The molecule has 2 aliphatic carbocycles. The van der Waals surface area contributed by atoms with E-state index in [2.05, 4.69) is 5.32 Å². The normalized spacial score (nSPS) is 30.9. The van der Waals surface area contributed by atoms with Crippen molar-refractivity contribution >= 4 is 17.5 Å². The fourth-order valence-electron chi connectivity index (χ4n) is 5.24. The van der Waals surface area contributed by atoms with Crippen LogP contribution in [0.3, 0.4) is 0 Å². The Kier molecular flexibility index (Phi) is 5.48. The largest absolute Gasteiger partial charge is 0.338 e. The SMILES string of the molecule is NC1C2CCCC1CC(C(=O)Nc1cccc(CN3CCCCC3=O)c1)C2. The highest BCUT2D eigenvalue weighted by Crippen LogP contribution is 2.42. The number of carbonyl (C=O) groups is 2. The van der Waals surface area contributed by atoms with Crippen molar-refractivity contribution in [2.75, 3.05) is 11.9 Å². The Morgan fingerprint density at radius 3 is 2.67 bits per heavy atom. The van der Waals surface area contributed by atoms with E-state index in [4.69, 9.17) is 5.73 Å². The summed E-state index contributed by atoms with van der Waals surface area (Å²) in [7, 11) is 0. The number of hydrogen-bond acceptors (Lipinski definition) is 3. The van der Waals surface area contributed by atoms with E-state index in [0.717, 1.165) is 43.5 Å². The molecule has 0 radical (unpaired) electrons. The Labute approximate surface area is 161 Å². The molecule has 2 atom stereocenters. The number of nitrogens with one attached hydrogen (secondary N) is 1. The van der Waals surface area contributed by atoms with E-state index >= 15 is 0 Å². The Hall–Kier alpha value is -1.88. The monoisotopic (exact) mass is 369 g/mol. The Bertz CT molecular complexity index is 691. The fourth-order valence-corrected chi connectivity index (χ4v) is 5.24. The number of amides is 2. The standard InChI is InChI=1S/C22H31N3O2/c23-21-16-6-4-7-17(21)13-18(12-16)22(27)24-19-8-3-5-15(11-19)14-25-10-2-1-9-20(25)26/h3,5,8,11,16-18,21H,1-2,4,6-7,9-10,12-14,23H2,(H,24,27). The number of likely N-dealkylation sites (tertiary alicyclic amines) is 1. The lowest BCUT2D eigenvalue weighted by atomic mass is 9.65. The van der Waals surface area contributed by atoms with Gasteiger partial charge in [0.2, 0.25) is 11.8 Å². The van der Waals surface area contributed by atoms with Crippen molar-refractivity contribution < 1.29 is 9.59 Å². The van der Waals surface area contributed by atoms with Crippen molar-refractivity contribution in [1.29, 1.82) is 0 Å². The first-order chi connectivity index (χ1) is 13.1. The minimum absolute atomic E-state index is 0.0763. The minimum atomic E-state index is 0.0763. The zero-order valence-corrected chi connectivity index (χ0v) is 16.0. The smallest absolute Gasteiger partial charge is 0.227 e. The maximum absolute atomic E-state index is 12.8. The molecule has 5 heteroatoms. The van der Waals surface area contributed by atoms with Crippen LogP contribution in [-0.2, 0) is 16.1 Å². The predicted octanol–water partition coefficient (Wildman–Crippen LogP) is 3.29. The molecule has 3 N–H and O–H groups in total. The molecule has 2 amide bonds. The number of fused-ring (bicyclic) bond motifs is 2. The van der Waals surface area contributed by atoms with E-state index in [1.807, 2.05) is 29.2 Å². The van der Waals surface area contributed by atoms with Crippen LogP contribution < -0.4 is 11.1 Å². The topological polar surface area (TPSA) is 75.4 Å². The lowest BCUT2D eigenvalue weighted by Gasteiger charge is -2.43. The second kappa shape index (κ2) is 8.01. The molecular weight excluding hydrogens is 338 g/mol. The van der Waals surface area contributed by atoms with Crippen LogP contribution in [-0.4, -0.2) is 29.3 Å². The highest BCUT2D eigenvalue weighted by atomic mass is 16.2. The number of nitrogens with two attached hydrogens (primary N) is 1. The molecule has 1 aromatic rings. The number of hydrogen-bond donors (Lipinski definition) is 2. The number of nitrogens with zero attached hydrogens (tertiary/aromatic N) is 1. The Balaban J connectivity index is 1.38. The summed E-state index contributed by atoms with van der Waals surface area (Å²) in [4.78, 5) is 26.8. The summed E-state index contributed by atoms with van der Waals surface area (Å²) in [6, 6.07) is 8.23. The molecule has 146 valence electrons. The molecule has 1 heterocycles. The van der Waals surface area contributed by atoms with Gasteiger partial charge < -0.3 is 16.0 Å². The van der Waals surface area contributed by atoms with Gasteiger partial charge in [0.05, 0.1) is 0 Å². The molecule has 1 saturated heterocycles. The third-order valence-corrected chi connectivity index (χ3v) is 6.77. The maximum atomic E-state index is 12.8. The van der Waals surface area contributed by atoms with E-state index in [-0.39, 0.29) is 23.8 Å². The average Bonchev–Trinajstić information content (AvgIpc) is 2.64. The van der Waals surface area contributed by atoms with Crippen molar-refractivity contribution in [3.63, 3.8) is 0 Å². The lowest BCUT2D eigenvalue weighted by Crippen LogP contribution is -2.48. The molecular formula is C22H31N3O2. The van der Waals surface area contributed by atoms with Gasteiger partial charge in [-0.15, -0.1) is 0 Å². The van der Waals surface area contributed by atoms with Crippen LogP contribution >= 0.6 is 0 Å². The quantitative estimate of drug-likeness (QED) is 0.855. The number of piperidine rings is 1. The predicted molar refractivity (Wildman–Crippen MR) is 106 cm³/mol. The summed E-state index contributed by atoms with van der Waals surface area (Å²) in [5.74, 6) is 1.45. The summed E-state index contributed by atoms with van der Waals surface area (Å²) < 4.78 is 0. The average molecular weight is 370 g/mol. The molecule has 1 aromatic carbocycles.